The van der Waals surface area contributed by atoms with E-state index in [1.165, 1.54) is 64.3 Å². The Hall–Kier alpha value is -1.01. The van der Waals surface area contributed by atoms with Crippen LogP contribution < -0.4 is 4.57 Å². The molecule has 0 amide bonds. The Kier molecular flexibility index (Phi) is 12.0. The first-order chi connectivity index (χ1) is 10.3. The molecule has 1 aromatic rings. The topological polar surface area (TPSA) is 8.81 Å². The van der Waals surface area contributed by atoms with Crippen LogP contribution in [0.2, 0.25) is 0 Å². The Balaban J connectivity index is 0.000000763. The predicted molar refractivity (Wildman–Crippen MR) is 83.0 cm³/mol. The van der Waals surface area contributed by atoms with E-state index in [0.29, 0.717) is 0 Å². The standard InChI is InChI=1S/C15H29N2.BF4/c1-3-4-5-6-7-8-9-10-11-12-17-14-13-16(2)15-17;2-1(3,4)5/h13-15H,3-12H2,1-2H3;/q+1;-1. The van der Waals surface area contributed by atoms with Crippen molar-refractivity contribution in [1.82, 2.24) is 4.57 Å². The molecule has 0 bridgehead atoms. The second kappa shape index (κ2) is 12.5. The van der Waals surface area contributed by atoms with E-state index in [1.807, 2.05) is 0 Å². The molecule has 1 rings (SSSR count). The predicted octanol–water partition coefficient (Wildman–Crippen LogP) is 5.14. The highest BCUT2D eigenvalue weighted by molar-refractivity contribution is 6.50. The Morgan fingerprint density at radius 2 is 1.32 bits per heavy atom. The van der Waals surface area contributed by atoms with Crippen LogP contribution in [-0.2, 0) is 13.6 Å². The third-order valence-corrected chi connectivity index (χ3v) is 3.34. The Morgan fingerprint density at radius 3 is 1.73 bits per heavy atom. The number of halogens is 4. The van der Waals surface area contributed by atoms with Crippen molar-refractivity contribution >= 4 is 7.25 Å². The van der Waals surface area contributed by atoms with Gasteiger partial charge in [0.05, 0.1) is 13.6 Å². The van der Waals surface area contributed by atoms with Crippen LogP contribution in [0.25, 0.3) is 0 Å². The average molecular weight is 324 g/mol. The lowest BCUT2D eigenvalue weighted by Gasteiger charge is -2.00. The minimum Gasteiger partial charge on any atom is -0.418 e. The highest BCUT2D eigenvalue weighted by Crippen LogP contribution is 2.10. The van der Waals surface area contributed by atoms with Crippen LogP contribution in [0.5, 0.6) is 0 Å². The summed E-state index contributed by atoms with van der Waals surface area (Å²) in [4.78, 5) is 0. The summed E-state index contributed by atoms with van der Waals surface area (Å²) in [6.07, 6.45) is 19.1. The molecule has 7 heteroatoms. The van der Waals surface area contributed by atoms with Crippen molar-refractivity contribution in [2.75, 3.05) is 0 Å². The van der Waals surface area contributed by atoms with Gasteiger partial charge in [-0.05, 0) is 12.8 Å². The van der Waals surface area contributed by atoms with Crippen LogP contribution in [0, 0.1) is 0 Å². The van der Waals surface area contributed by atoms with Gasteiger partial charge in [-0.15, -0.1) is 0 Å². The van der Waals surface area contributed by atoms with E-state index in [-0.39, 0.29) is 0 Å². The zero-order valence-corrected chi connectivity index (χ0v) is 13.8. The lowest BCUT2D eigenvalue weighted by atomic mass is 10.1. The van der Waals surface area contributed by atoms with Crippen molar-refractivity contribution in [1.29, 1.82) is 0 Å². The molecule has 0 N–H and O–H groups in total. The number of nitrogens with zero attached hydrogens (tertiary/aromatic N) is 2. The zero-order valence-electron chi connectivity index (χ0n) is 13.8. The van der Waals surface area contributed by atoms with Gasteiger partial charge >= 0.3 is 7.25 Å². The van der Waals surface area contributed by atoms with Gasteiger partial charge in [0.2, 0.25) is 6.33 Å². The maximum atomic E-state index is 9.75. The van der Waals surface area contributed by atoms with Crippen molar-refractivity contribution in [2.24, 2.45) is 7.05 Å². The summed E-state index contributed by atoms with van der Waals surface area (Å²) in [7, 11) is -3.92. The molecule has 1 aromatic heterocycles. The fourth-order valence-corrected chi connectivity index (χ4v) is 2.24. The van der Waals surface area contributed by atoms with Crippen molar-refractivity contribution < 1.29 is 21.8 Å². The van der Waals surface area contributed by atoms with E-state index in [1.54, 1.807) is 0 Å². The summed E-state index contributed by atoms with van der Waals surface area (Å²) in [5.74, 6) is 0. The van der Waals surface area contributed by atoms with Gasteiger partial charge in [0.15, 0.2) is 0 Å². The number of aryl methyl sites for hydroxylation is 2. The Bertz CT molecular complexity index is 361. The second-order valence-corrected chi connectivity index (χ2v) is 5.64. The molecular weight excluding hydrogens is 295 g/mol. The summed E-state index contributed by atoms with van der Waals surface area (Å²) in [5, 5.41) is 0. The van der Waals surface area contributed by atoms with Gasteiger partial charge in [-0.3, -0.25) is 0 Å². The lowest BCUT2D eigenvalue weighted by Crippen LogP contribution is -2.23. The molecule has 1 heterocycles. The molecule has 0 spiro atoms. The lowest BCUT2D eigenvalue weighted by molar-refractivity contribution is -0.671. The van der Waals surface area contributed by atoms with E-state index >= 15 is 0 Å². The third kappa shape index (κ3) is 17.0. The largest absolute Gasteiger partial charge is 0.673 e. The first-order valence-corrected chi connectivity index (χ1v) is 8.21. The Labute approximate surface area is 131 Å². The summed E-state index contributed by atoms with van der Waals surface area (Å²) in [6, 6.07) is 0. The number of unbranched alkanes of at least 4 members (excludes halogenated alkanes) is 8. The van der Waals surface area contributed by atoms with Gasteiger partial charge in [0.25, 0.3) is 0 Å². The van der Waals surface area contributed by atoms with Crippen molar-refractivity contribution in [3.05, 3.63) is 18.7 Å². The first kappa shape index (κ1) is 21.0. The van der Waals surface area contributed by atoms with E-state index in [0.717, 1.165) is 0 Å². The van der Waals surface area contributed by atoms with Gasteiger partial charge in [-0.2, -0.15) is 0 Å². The molecule has 0 aliphatic rings. The summed E-state index contributed by atoms with van der Waals surface area (Å²) < 4.78 is 43.4. The molecule has 0 aliphatic heterocycles. The second-order valence-electron chi connectivity index (χ2n) is 5.64. The van der Waals surface area contributed by atoms with Crippen molar-refractivity contribution in [3.63, 3.8) is 0 Å². The third-order valence-electron chi connectivity index (χ3n) is 3.34. The van der Waals surface area contributed by atoms with E-state index < -0.39 is 7.25 Å². The highest BCUT2D eigenvalue weighted by atomic mass is 19.5. The molecular formula is C15H29BF4N2. The minimum atomic E-state index is -6.00. The van der Waals surface area contributed by atoms with Crippen molar-refractivity contribution in [2.45, 2.75) is 71.3 Å². The van der Waals surface area contributed by atoms with Crippen LogP contribution in [-0.4, -0.2) is 11.8 Å². The molecule has 22 heavy (non-hydrogen) atoms. The highest BCUT2D eigenvalue weighted by Gasteiger charge is 2.20. The van der Waals surface area contributed by atoms with Gasteiger partial charge in [-0.1, -0.05) is 51.9 Å². The number of aromatic nitrogens is 2. The quantitative estimate of drug-likeness (QED) is 0.244. The Morgan fingerprint density at radius 1 is 0.864 bits per heavy atom. The van der Waals surface area contributed by atoms with Crippen molar-refractivity contribution in [3.8, 4) is 0 Å². The minimum absolute atomic E-state index is 1.18. The first-order valence-electron chi connectivity index (χ1n) is 8.21. The smallest absolute Gasteiger partial charge is 0.418 e. The molecule has 0 fully saturated rings. The number of imidazole rings is 1. The van der Waals surface area contributed by atoms with Gasteiger partial charge in [-0.25, -0.2) is 9.13 Å². The van der Waals surface area contributed by atoms with Crippen LogP contribution in [0.4, 0.5) is 17.3 Å². The zero-order chi connectivity index (χ0) is 16.8. The van der Waals surface area contributed by atoms with Crippen LogP contribution in [0.15, 0.2) is 18.7 Å². The fraction of sp³-hybridized carbons (Fsp3) is 0.800. The molecule has 0 saturated carbocycles. The molecule has 0 saturated heterocycles. The normalized spacial score (nSPS) is 11.2. The maximum Gasteiger partial charge on any atom is 0.673 e. The molecule has 130 valence electrons. The molecule has 0 radical (unpaired) electrons. The summed E-state index contributed by atoms with van der Waals surface area (Å²) in [5.41, 5.74) is 0. The summed E-state index contributed by atoms with van der Waals surface area (Å²) >= 11 is 0. The van der Waals surface area contributed by atoms with E-state index in [4.69, 9.17) is 0 Å². The van der Waals surface area contributed by atoms with Crippen LogP contribution in [0.1, 0.15) is 64.7 Å². The molecule has 2 nitrogen and oxygen atoms in total. The van der Waals surface area contributed by atoms with Gasteiger partial charge < -0.3 is 17.3 Å². The molecule has 0 atom stereocenters. The monoisotopic (exact) mass is 324 g/mol. The van der Waals surface area contributed by atoms with Crippen LogP contribution >= 0.6 is 0 Å². The van der Waals surface area contributed by atoms with E-state index in [2.05, 4.69) is 41.8 Å². The number of rotatable bonds is 10. The SMILES string of the molecule is CCCCCCCCCCCn1cc[n+](C)c1.F[B-](F)(F)F. The number of hydrogen-bond acceptors (Lipinski definition) is 0. The average Bonchev–Trinajstić information content (AvgIpc) is 2.81. The van der Waals surface area contributed by atoms with Gasteiger partial charge in [0.1, 0.15) is 12.4 Å². The van der Waals surface area contributed by atoms with E-state index in [9.17, 15) is 17.3 Å². The number of hydrogen-bond donors (Lipinski definition) is 0. The molecule has 0 aliphatic carbocycles. The van der Waals surface area contributed by atoms with Gasteiger partial charge in [0, 0.05) is 0 Å². The summed E-state index contributed by atoms with van der Waals surface area (Å²) in [6.45, 7) is 3.46. The molecule has 0 unspecified atom stereocenters. The molecule has 0 aromatic carbocycles. The maximum absolute atomic E-state index is 9.75. The van der Waals surface area contributed by atoms with Crippen LogP contribution in [0.3, 0.4) is 0 Å². The fourth-order valence-electron chi connectivity index (χ4n) is 2.24.